The van der Waals surface area contributed by atoms with Crippen molar-refractivity contribution in [2.45, 2.75) is 6.10 Å². The summed E-state index contributed by atoms with van der Waals surface area (Å²) in [5.41, 5.74) is 0.709. The van der Waals surface area contributed by atoms with Crippen molar-refractivity contribution in [2.75, 3.05) is 31.6 Å². The van der Waals surface area contributed by atoms with Crippen LogP contribution in [-0.4, -0.2) is 38.8 Å². The summed E-state index contributed by atoms with van der Waals surface area (Å²) in [7, 11) is 1.77. The van der Waals surface area contributed by atoms with Crippen molar-refractivity contribution in [3.63, 3.8) is 0 Å². The van der Waals surface area contributed by atoms with Gasteiger partial charge in [-0.15, -0.1) is 0 Å². The van der Waals surface area contributed by atoms with Crippen molar-refractivity contribution < 1.29 is 13.9 Å². The zero-order chi connectivity index (χ0) is 12.3. The van der Waals surface area contributed by atoms with Crippen LogP contribution in [0, 0.1) is 5.82 Å². The maximum absolute atomic E-state index is 12.8. The van der Waals surface area contributed by atoms with Crippen LogP contribution < -0.4 is 10.2 Å². The maximum Gasteiger partial charge on any atom is 0.257 e. The van der Waals surface area contributed by atoms with Crippen LogP contribution in [0.1, 0.15) is 0 Å². The molecule has 1 fully saturated rings. The van der Waals surface area contributed by atoms with Gasteiger partial charge in [-0.25, -0.2) is 4.39 Å². The van der Waals surface area contributed by atoms with Gasteiger partial charge in [0.25, 0.3) is 5.91 Å². The lowest BCUT2D eigenvalue weighted by atomic mass is 10.2. The molecule has 1 atom stereocenters. The summed E-state index contributed by atoms with van der Waals surface area (Å²) in [6.07, 6.45) is -0.459. The summed E-state index contributed by atoms with van der Waals surface area (Å²) >= 11 is 0. The minimum atomic E-state index is -0.459. The first-order valence-electron chi connectivity index (χ1n) is 5.55. The molecule has 1 aliphatic heterocycles. The summed E-state index contributed by atoms with van der Waals surface area (Å²) in [6, 6.07) is 5.92. The van der Waals surface area contributed by atoms with Gasteiger partial charge in [-0.3, -0.25) is 4.79 Å². The number of halogens is 1. The lowest BCUT2D eigenvalue weighted by Gasteiger charge is -2.32. The van der Waals surface area contributed by atoms with Gasteiger partial charge in [-0.1, -0.05) is 0 Å². The van der Waals surface area contributed by atoms with Crippen molar-refractivity contribution >= 4 is 11.6 Å². The predicted octanol–water partition coefficient (Wildman–Crippen LogP) is 0.777. The molecule has 0 bridgehead atoms. The van der Waals surface area contributed by atoms with E-state index in [-0.39, 0.29) is 11.7 Å². The number of ether oxygens (including phenoxy) is 1. The first-order valence-corrected chi connectivity index (χ1v) is 5.55. The SMILES string of the molecule is CNCC1OCCN(c2ccc(F)cc2)C1=O. The Labute approximate surface area is 99.4 Å². The summed E-state index contributed by atoms with van der Waals surface area (Å²) in [4.78, 5) is 13.7. The largest absolute Gasteiger partial charge is 0.365 e. The molecule has 0 aliphatic carbocycles. The van der Waals surface area contributed by atoms with Crippen LogP contribution >= 0.6 is 0 Å². The van der Waals surface area contributed by atoms with Gasteiger partial charge in [0.05, 0.1) is 6.61 Å². The summed E-state index contributed by atoms with van der Waals surface area (Å²) in [5, 5.41) is 2.92. The van der Waals surface area contributed by atoms with Gasteiger partial charge in [0, 0.05) is 18.8 Å². The number of likely N-dealkylation sites (N-methyl/N-ethyl adjacent to an activating group) is 1. The third kappa shape index (κ3) is 2.62. The summed E-state index contributed by atoms with van der Waals surface area (Å²) in [6.45, 7) is 1.48. The van der Waals surface area contributed by atoms with E-state index >= 15 is 0 Å². The molecule has 1 heterocycles. The first-order chi connectivity index (χ1) is 8.22. The standard InChI is InChI=1S/C12H15FN2O2/c1-14-8-11-12(16)15(6-7-17-11)10-4-2-9(13)3-5-10/h2-5,11,14H,6-8H2,1H3. The van der Waals surface area contributed by atoms with Crippen molar-refractivity contribution in [1.29, 1.82) is 0 Å². The number of benzene rings is 1. The minimum absolute atomic E-state index is 0.0859. The fraction of sp³-hybridized carbons (Fsp3) is 0.417. The number of hydrogen-bond donors (Lipinski definition) is 1. The van der Waals surface area contributed by atoms with Crippen LogP contribution in [0.5, 0.6) is 0 Å². The van der Waals surface area contributed by atoms with Gasteiger partial charge in [-0.05, 0) is 31.3 Å². The molecule has 1 N–H and O–H groups in total. The lowest BCUT2D eigenvalue weighted by Crippen LogP contribution is -2.51. The van der Waals surface area contributed by atoms with Gasteiger partial charge < -0.3 is 15.0 Å². The number of hydrogen-bond acceptors (Lipinski definition) is 3. The highest BCUT2D eigenvalue weighted by Gasteiger charge is 2.29. The van der Waals surface area contributed by atoms with E-state index in [1.165, 1.54) is 12.1 Å². The first kappa shape index (κ1) is 12.0. The zero-order valence-electron chi connectivity index (χ0n) is 9.65. The second-order valence-corrected chi connectivity index (χ2v) is 3.88. The Morgan fingerprint density at radius 2 is 2.18 bits per heavy atom. The van der Waals surface area contributed by atoms with Crippen LogP contribution in [0.15, 0.2) is 24.3 Å². The van der Waals surface area contributed by atoms with Crippen LogP contribution in [0.4, 0.5) is 10.1 Å². The molecule has 1 amide bonds. The highest BCUT2D eigenvalue weighted by atomic mass is 19.1. The van der Waals surface area contributed by atoms with Crippen LogP contribution in [-0.2, 0) is 9.53 Å². The maximum atomic E-state index is 12.8. The second-order valence-electron chi connectivity index (χ2n) is 3.88. The van der Waals surface area contributed by atoms with E-state index in [1.807, 2.05) is 0 Å². The molecular weight excluding hydrogens is 223 g/mol. The van der Waals surface area contributed by atoms with Crippen molar-refractivity contribution in [3.05, 3.63) is 30.1 Å². The molecule has 2 rings (SSSR count). The van der Waals surface area contributed by atoms with Crippen LogP contribution in [0.3, 0.4) is 0 Å². The zero-order valence-corrected chi connectivity index (χ0v) is 9.65. The van der Waals surface area contributed by atoms with Gasteiger partial charge in [-0.2, -0.15) is 0 Å². The molecule has 0 saturated carbocycles. The number of carbonyl (C=O) groups is 1. The fourth-order valence-corrected chi connectivity index (χ4v) is 1.85. The topological polar surface area (TPSA) is 41.6 Å². The monoisotopic (exact) mass is 238 g/mol. The Hall–Kier alpha value is -1.46. The predicted molar refractivity (Wildman–Crippen MR) is 62.4 cm³/mol. The van der Waals surface area contributed by atoms with Crippen molar-refractivity contribution in [3.8, 4) is 0 Å². The van der Waals surface area contributed by atoms with Crippen LogP contribution in [0.25, 0.3) is 0 Å². The van der Waals surface area contributed by atoms with Gasteiger partial charge in [0.1, 0.15) is 11.9 Å². The van der Waals surface area contributed by atoms with Crippen molar-refractivity contribution in [2.24, 2.45) is 0 Å². The number of morpholine rings is 1. The Bertz CT molecular complexity index is 392. The fourth-order valence-electron chi connectivity index (χ4n) is 1.85. The normalized spacial score (nSPS) is 20.7. The number of carbonyl (C=O) groups excluding carboxylic acids is 1. The number of amides is 1. The van der Waals surface area contributed by atoms with Gasteiger partial charge in [0.15, 0.2) is 0 Å². The van der Waals surface area contributed by atoms with Gasteiger partial charge in [0.2, 0.25) is 0 Å². The highest BCUT2D eigenvalue weighted by molar-refractivity contribution is 5.97. The quantitative estimate of drug-likeness (QED) is 0.846. The second kappa shape index (κ2) is 5.25. The van der Waals surface area contributed by atoms with E-state index in [1.54, 1.807) is 24.1 Å². The summed E-state index contributed by atoms with van der Waals surface area (Å²) < 4.78 is 18.2. The molecule has 0 radical (unpaired) electrons. The van der Waals surface area contributed by atoms with E-state index < -0.39 is 6.10 Å². The Kier molecular flexibility index (Phi) is 3.71. The molecule has 1 aromatic carbocycles. The van der Waals surface area contributed by atoms with E-state index in [9.17, 15) is 9.18 Å². The number of nitrogens with zero attached hydrogens (tertiary/aromatic N) is 1. The minimum Gasteiger partial charge on any atom is -0.365 e. The molecule has 4 nitrogen and oxygen atoms in total. The average Bonchev–Trinajstić information content (AvgIpc) is 2.34. The molecule has 5 heteroatoms. The molecule has 17 heavy (non-hydrogen) atoms. The Morgan fingerprint density at radius 1 is 1.47 bits per heavy atom. The van der Waals surface area contributed by atoms with E-state index in [2.05, 4.69) is 5.32 Å². The van der Waals surface area contributed by atoms with E-state index in [0.717, 1.165) is 0 Å². The number of rotatable bonds is 3. The van der Waals surface area contributed by atoms with Crippen molar-refractivity contribution in [1.82, 2.24) is 5.32 Å². The number of nitrogens with one attached hydrogen (secondary N) is 1. The lowest BCUT2D eigenvalue weighted by molar-refractivity contribution is -0.133. The third-order valence-corrected chi connectivity index (χ3v) is 2.70. The smallest absolute Gasteiger partial charge is 0.257 e. The van der Waals surface area contributed by atoms with Gasteiger partial charge >= 0.3 is 0 Å². The third-order valence-electron chi connectivity index (χ3n) is 2.70. The molecule has 0 spiro atoms. The Balaban J connectivity index is 2.14. The van der Waals surface area contributed by atoms with Crippen LogP contribution in [0.2, 0.25) is 0 Å². The molecular formula is C12H15FN2O2. The van der Waals surface area contributed by atoms with E-state index in [4.69, 9.17) is 4.74 Å². The van der Waals surface area contributed by atoms with E-state index in [0.29, 0.717) is 25.4 Å². The molecule has 1 saturated heterocycles. The molecule has 1 unspecified atom stereocenters. The number of anilines is 1. The highest BCUT2D eigenvalue weighted by Crippen LogP contribution is 2.19. The Morgan fingerprint density at radius 3 is 2.82 bits per heavy atom. The molecule has 1 aliphatic rings. The molecule has 92 valence electrons. The molecule has 0 aromatic heterocycles. The summed E-state index contributed by atoms with van der Waals surface area (Å²) in [5.74, 6) is -0.390. The molecule has 1 aromatic rings. The average molecular weight is 238 g/mol.